The molecular formula is C47H84O12S. The molecule has 60 heavy (non-hydrogen) atoms. The maximum absolute atomic E-state index is 12.8. The molecule has 0 aromatic carbocycles. The van der Waals surface area contributed by atoms with Gasteiger partial charge in [-0.2, -0.15) is 8.42 Å². The van der Waals surface area contributed by atoms with E-state index in [0.29, 0.717) is 19.3 Å². The molecule has 6 atom stereocenters. The van der Waals surface area contributed by atoms with Crippen molar-refractivity contribution in [1.29, 1.82) is 0 Å². The zero-order chi connectivity index (χ0) is 44.1. The SMILES string of the molecule is CCCCCCCCCCC/C=C/C/C=C/CCCC(=O)OC[C@H](CO[C@H]1O[C@H](CS(=O)(=O)O)[C@@H](O)C(O)C1O)OC(=O)CC/C=C/CCCCCCCCCCCCC. The van der Waals surface area contributed by atoms with Gasteiger partial charge in [-0.3, -0.25) is 14.1 Å². The first kappa shape index (κ1) is 55.9. The minimum absolute atomic E-state index is 0.0733. The highest BCUT2D eigenvalue weighted by atomic mass is 32.2. The van der Waals surface area contributed by atoms with Crippen molar-refractivity contribution in [2.75, 3.05) is 19.0 Å². The summed E-state index contributed by atoms with van der Waals surface area (Å²) < 4.78 is 54.0. The van der Waals surface area contributed by atoms with E-state index in [-0.39, 0.29) is 19.4 Å². The van der Waals surface area contributed by atoms with Crippen LogP contribution in [0.1, 0.15) is 194 Å². The summed E-state index contributed by atoms with van der Waals surface area (Å²) in [6.45, 7) is 3.70. The van der Waals surface area contributed by atoms with Crippen molar-refractivity contribution in [1.82, 2.24) is 0 Å². The average Bonchev–Trinajstić information content (AvgIpc) is 3.21. The maximum atomic E-state index is 12.8. The van der Waals surface area contributed by atoms with E-state index >= 15 is 0 Å². The van der Waals surface area contributed by atoms with Gasteiger partial charge in [0, 0.05) is 12.8 Å². The number of ether oxygens (including phenoxy) is 4. The van der Waals surface area contributed by atoms with Crippen molar-refractivity contribution in [3.63, 3.8) is 0 Å². The van der Waals surface area contributed by atoms with Crippen LogP contribution < -0.4 is 0 Å². The minimum Gasteiger partial charge on any atom is -0.462 e. The van der Waals surface area contributed by atoms with Crippen LogP contribution in [-0.4, -0.2) is 96.0 Å². The second-order valence-corrected chi connectivity index (χ2v) is 17.9. The second kappa shape index (κ2) is 37.4. The molecule has 2 unspecified atom stereocenters. The van der Waals surface area contributed by atoms with Gasteiger partial charge in [-0.05, 0) is 51.4 Å². The molecule has 0 amide bonds. The number of aliphatic hydroxyl groups is 3. The number of aliphatic hydroxyl groups excluding tert-OH is 3. The van der Waals surface area contributed by atoms with Crippen molar-refractivity contribution in [3.05, 3.63) is 36.5 Å². The van der Waals surface area contributed by atoms with E-state index in [1.54, 1.807) is 0 Å². The van der Waals surface area contributed by atoms with Crippen LogP contribution in [0.5, 0.6) is 0 Å². The third-order valence-electron chi connectivity index (χ3n) is 10.7. The molecule has 0 bridgehead atoms. The Morgan fingerprint density at radius 3 is 1.55 bits per heavy atom. The summed E-state index contributed by atoms with van der Waals surface area (Å²) in [4.78, 5) is 25.4. The molecular weight excluding hydrogens is 789 g/mol. The number of hydrogen-bond donors (Lipinski definition) is 4. The minimum atomic E-state index is -4.61. The molecule has 0 saturated carbocycles. The summed E-state index contributed by atoms with van der Waals surface area (Å²) in [7, 11) is -4.61. The molecule has 4 N–H and O–H groups in total. The van der Waals surface area contributed by atoms with Gasteiger partial charge in [-0.1, -0.05) is 166 Å². The van der Waals surface area contributed by atoms with Crippen LogP contribution in [-0.2, 0) is 38.7 Å². The van der Waals surface area contributed by atoms with Crippen LogP contribution in [0.15, 0.2) is 36.5 Å². The number of esters is 2. The molecule has 1 heterocycles. The van der Waals surface area contributed by atoms with E-state index in [4.69, 9.17) is 18.9 Å². The highest BCUT2D eigenvalue weighted by Gasteiger charge is 2.46. The Kier molecular flexibility index (Phi) is 34.9. The summed E-state index contributed by atoms with van der Waals surface area (Å²) in [6, 6.07) is 0. The first-order chi connectivity index (χ1) is 29.0. The van der Waals surface area contributed by atoms with Crippen LogP contribution in [0.4, 0.5) is 0 Å². The highest BCUT2D eigenvalue weighted by Crippen LogP contribution is 2.24. The number of hydrogen-bond acceptors (Lipinski definition) is 11. The average molecular weight is 873 g/mol. The summed E-state index contributed by atoms with van der Waals surface area (Å²) in [6.07, 6.45) is 33.5. The molecule has 13 heteroatoms. The smallest absolute Gasteiger partial charge is 0.306 e. The Morgan fingerprint density at radius 1 is 0.567 bits per heavy atom. The molecule has 0 spiro atoms. The summed E-state index contributed by atoms with van der Waals surface area (Å²) in [5.74, 6) is -2.10. The highest BCUT2D eigenvalue weighted by molar-refractivity contribution is 7.85. The molecule has 1 saturated heterocycles. The van der Waals surface area contributed by atoms with Gasteiger partial charge in [0.15, 0.2) is 12.4 Å². The molecule has 350 valence electrons. The Morgan fingerprint density at radius 2 is 1.03 bits per heavy atom. The van der Waals surface area contributed by atoms with Crippen molar-refractivity contribution in [2.45, 2.75) is 230 Å². The molecule has 0 aromatic heterocycles. The predicted octanol–water partition coefficient (Wildman–Crippen LogP) is 9.78. The van der Waals surface area contributed by atoms with E-state index in [9.17, 15) is 37.9 Å². The lowest BCUT2D eigenvalue weighted by Crippen LogP contribution is -2.60. The molecule has 0 aromatic rings. The van der Waals surface area contributed by atoms with Crippen molar-refractivity contribution in [2.24, 2.45) is 0 Å². The van der Waals surface area contributed by atoms with E-state index in [0.717, 1.165) is 25.7 Å². The van der Waals surface area contributed by atoms with Crippen molar-refractivity contribution < 1.29 is 56.8 Å². The fraction of sp³-hybridized carbons (Fsp3) is 0.830. The second-order valence-electron chi connectivity index (χ2n) is 16.4. The fourth-order valence-corrected chi connectivity index (χ4v) is 7.72. The standard InChI is InChI=1S/C47H84O12S/c1-3-5-7-9-11-13-15-17-19-20-22-23-25-27-29-31-33-35-42(48)56-37-40(38-57-47-46(52)45(51)44(50)41(59-47)39-60(53,54)55)58-43(49)36-34-32-30-28-26-24-21-18-16-14-12-10-8-6-4-2/h22-23,27,29-30,32,40-41,44-47,50-52H,3-21,24-26,28,31,33-39H2,1-2H3,(H,53,54,55)/b23-22+,29-27+,32-30+/t40-,41-,44-,45?,46?,47+/m1/s1. The fourth-order valence-electron chi connectivity index (χ4n) is 7.03. The van der Waals surface area contributed by atoms with Crippen LogP contribution >= 0.6 is 0 Å². The monoisotopic (exact) mass is 873 g/mol. The van der Waals surface area contributed by atoms with Gasteiger partial charge in [-0.15, -0.1) is 0 Å². The maximum Gasteiger partial charge on any atom is 0.306 e. The summed E-state index contributed by atoms with van der Waals surface area (Å²) >= 11 is 0. The Labute approximate surface area is 363 Å². The van der Waals surface area contributed by atoms with E-state index in [2.05, 4.69) is 38.2 Å². The lowest BCUT2D eigenvalue weighted by Gasteiger charge is -2.40. The van der Waals surface area contributed by atoms with Gasteiger partial charge in [0.25, 0.3) is 10.1 Å². The molecule has 0 radical (unpaired) electrons. The Balaban J connectivity index is 2.48. The van der Waals surface area contributed by atoms with Crippen LogP contribution in [0.25, 0.3) is 0 Å². The Bertz CT molecular complexity index is 1250. The molecule has 0 aliphatic carbocycles. The quantitative estimate of drug-likeness (QED) is 0.0199. The number of carbonyl (C=O) groups excluding carboxylic acids is 2. The summed E-state index contributed by atoms with van der Waals surface area (Å²) in [5.41, 5.74) is 0. The predicted molar refractivity (Wildman–Crippen MR) is 238 cm³/mol. The van der Waals surface area contributed by atoms with Gasteiger partial charge in [0.1, 0.15) is 36.8 Å². The zero-order valence-electron chi connectivity index (χ0n) is 37.3. The van der Waals surface area contributed by atoms with E-state index in [1.165, 1.54) is 122 Å². The van der Waals surface area contributed by atoms with Crippen LogP contribution in [0, 0.1) is 0 Å². The molecule has 1 fully saturated rings. The van der Waals surface area contributed by atoms with Gasteiger partial charge in [0.05, 0.1) is 6.61 Å². The number of allylic oxidation sites excluding steroid dienone is 6. The number of unbranched alkanes of at least 4 members (excludes halogenated alkanes) is 21. The lowest BCUT2D eigenvalue weighted by molar-refractivity contribution is -0.297. The third-order valence-corrected chi connectivity index (χ3v) is 11.5. The van der Waals surface area contributed by atoms with Gasteiger partial charge >= 0.3 is 11.9 Å². The van der Waals surface area contributed by atoms with Crippen LogP contribution in [0.2, 0.25) is 0 Å². The van der Waals surface area contributed by atoms with E-state index < -0.39 is 71.2 Å². The van der Waals surface area contributed by atoms with Gasteiger partial charge in [-0.25, -0.2) is 0 Å². The molecule has 1 aliphatic heterocycles. The zero-order valence-corrected chi connectivity index (χ0v) is 38.1. The number of carbonyl (C=O) groups is 2. The van der Waals surface area contributed by atoms with Gasteiger partial charge < -0.3 is 34.3 Å². The van der Waals surface area contributed by atoms with Crippen molar-refractivity contribution >= 4 is 22.1 Å². The van der Waals surface area contributed by atoms with Crippen LogP contribution in [0.3, 0.4) is 0 Å². The van der Waals surface area contributed by atoms with E-state index in [1.807, 2.05) is 12.2 Å². The largest absolute Gasteiger partial charge is 0.462 e. The molecule has 1 rings (SSSR count). The topological polar surface area (TPSA) is 186 Å². The summed E-state index contributed by atoms with van der Waals surface area (Å²) in [5, 5.41) is 30.9. The normalized spacial score (nSPS) is 20.4. The number of rotatable bonds is 39. The third kappa shape index (κ3) is 31.7. The first-order valence-electron chi connectivity index (χ1n) is 23.5. The molecule has 1 aliphatic rings. The molecule has 12 nitrogen and oxygen atoms in total. The van der Waals surface area contributed by atoms with Gasteiger partial charge in [0.2, 0.25) is 0 Å². The first-order valence-corrected chi connectivity index (χ1v) is 25.2. The van der Waals surface area contributed by atoms with Crippen molar-refractivity contribution in [3.8, 4) is 0 Å². The Hall–Kier alpha value is -2.13. The lowest BCUT2D eigenvalue weighted by atomic mass is 10.00.